The van der Waals surface area contributed by atoms with Crippen LogP contribution in [-0.4, -0.2) is 35.5 Å². The Hall–Kier alpha value is -1.41. The molecular weight excluding hydrogens is 246 g/mol. The maximum Gasteiger partial charge on any atom is 0.321 e. The lowest BCUT2D eigenvalue weighted by molar-refractivity contribution is -0.139. The average Bonchev–Trinajstić information content (AvgIpc) is 2.64. The molecule has 1 heterocycles. The zero-order chi connectivity index (χ0) is 13.1. The van der Waals surface area contributed by atoms with Crippen molar-refractivity contribution in [1.29, 1.82) is 0 Å². The summed E-state index contributed by atoms with van der Waals surface area (Å²) in [6.07, 6.45) is 1.96. The molecule has 0 aliphatic heterocycles. The fraction of sp³-hybridized carbons (Fsp3) is 0.556. The molecule has 17 heavy (non-hydrogen) atoms. The van der Waals surface area contributed by atoms with Crippen LogP contribution in [0.5, 0.6) is 0 Å². The Morgan fingerprint density at radius 3 is 2.71 bits per heavy atom. The minimum Gasteiger partial charge on any atom is -0.480 e. The first-order valence-electron chi connectivity index (χ1n) is 5.13. The number of carboxylic acids is 1. The van der Waals surface area contributed by atoms with E-state index in [2.05, 4.69) is 14.7 Å². The van der Waals surface area contributed by atoms with E-state index < -0.39 is 22.0 Å². The van der Waals surface area contributed by atoms with E-state index in [-0.39, 0.29) is 11.4 Å². The molecule has 0 spiro atoms. The van der Waals surface area contributed by atoms with Crippen LogP contribution in [0, 0.1) is 6.92 Å². The van der Waals surface area contributed by atoms with E-state index >= 15 is 0 Å². The molecule has 8 heteroatoms. The highest BCUT2D eigenvalue weighted by Crippen LogP contribution is 2.08. The van der Waals surface area contributed by atoms with Crippen molar-refractivity contribution in [2.75, 3.05) is 0 Å². The molecule has 0 fully saturated rings. The van der Waals surface area contributed by atoms with Gasteiger partial charge in [-0.3, -0.25) is 4.79 Å². The average molecular weight is 261 g/mol. The van der Waals surface area contributed by atoms with E-state index in [1.807, 2.05) is 0 Å². The Morgan fingerprint density at radius 2 is 2.29 bits per heavy atom. The number of nitrogens with zero attached hydrogens (tertiary/aromatic N) is 1. The number of hydrogen-bond acceptors (Lipinski definition) is 4. The molecule has 1 atom stereocenters. The van der Waals surface area contributed by atoms with Crippen LogP contribution in [-0.2, 0) is 14.8 Å². The summed E-state index contributed by atoms with van der Waals surface area (Å²) < 4.78 is 25.7. The van der Waals surface area contributed by atoms with E-state index in [0.29, 0.717) is 12.2 Å². The number of carbonyl (C=O) groups is 1. The summed E-state index contributed by atoms with van der Waals surface area (Å²) in [4.78, 5) is 17.2. The number of hydrogen-bond donors (Lipinski definition) is 3. The zero-order valence-corrected chi connectivity index (χ0v) is 10.4. The maximum atomic E-state index is 11.8. The van der Waals surface area contributed by atoms with Crippen LogP contribution in [0.1, 0.15) is 25.6 Å². The number of H-pyrrole nitrogens is 1. The molecule has 0 amide bonds. The molecule has 0 bridgehead atoms. The van der Waals surface area contributed by atoms with E-state index in [4.69, 9.17) is 5.11 Å². The molecule has 96 valence electrons. The van der Waals surface area contributed by atoms with Crippen molar-refractivity contribution >= 4 is 16.0 Å². The number of nitrogens with one attached hydrogen (secondary N) is 2. The first-order valence-corrected chi connectivity index (χ1v) is 6.62. The number of aryl methyl sites for hydroxylation is 1. The van der Waals surface area contributed by atoms with Gasteiger partial charge in [-0.05, 0) is 13.3 Å². The lowest BCUT2D eigenvalue weighted by atomic mass is 10.2. The van der Waals surface area contributed by atoms with Crippen LogP contribution in [0.25, 0.3) is 0 Å². The van der Waals surface area contributed by atoms with Crippen molar-refractivity contribution < 1.29 is 18.3 Å². The van der Waals surface area contributed by atoms with Crippen LogP contribution in [0.3, 0.4) is 0 Å². The summed E-state index contributed by atoms with van der Waals surface area (Å²) in [5.74, 6) is -0.737. The highest BCUT2D eigenvalue weighted by atomic mass is 32.2. The molecule has 0 aliphatic rings. The monoisotopic (exact) mass is 261 g/mol. The van der Waals surface area contributed by atoms with E-state index in [1.165, 1.54) is 0 Å². The van der Waals surface area contributed by atoms with Gasteiger partial charge < -0.3 is 10.1 Å². The maximum absolute atomic E-state index is 11.8. The van der Waals surface area contributed by atoms with Gasteiger partial charge in [0.2, 0.25) is 0 Å². The SMILES string of the molecule is CCCC(NS(=O)(=O)c1cnc(C)[nH]1)C(=O)O. The van der Waals surface area contributed by atoms with Gasteiger partial charge in [0.05, 0.1) is 6.20 Å². The minimum atomic E-state index is -3.85. The first kappa shape index (κ1) is 13.7. The molecule has 1 aromatic rings. The fourth-order valence-electron chi connectivity index (χ4n) is 1.31. The lowest BCUT2D eigenvalue weighted by Gasteiger charge is -2.12. The van der Waals surface area contributed by atoms with Crippen molar-refractivity contribution in [3.63, 3.8) is 0 Å². The second kappa shape index (κ2) is 5.28. The van der Waals surface area contributed by atoms with Crippen molar-refractivity contribution in [1.82, 2.24) is 14.7 Å². The number of aromatic amines is 1. The normalized spacial score (nSPS) is 13.5. The molecule has 0 saturated carbocycles. The lowest BCUT2D eigenvalue weighted by Crippen LogP contribution is -2.40. The summed E-state index contributed by atoms with van der Waals surface area (Å²) in [6.45, 7) is 3.39. The Bertz CT molecular complexity index is 494. The van der Waals surface area contributed by atoms with Crippen molar-refractivity contribution in [2.24, 2.45) is 0 Å². The summed E-state index contributed by atoms with van der Waals surface area (Å²) >= 11 is 0. The van der Waals surface area contributed by atoms with Gasteiger partial charge in [-0.15, -0.1) is 0 Å². The number of imidazole rings is 1. The van der Waals surface area contributed by atoms with Gasteiger partial charge in [0, 0.05) is 0 Å². The van der Waals surface area contributed by atoms with Crippen molar-refractivity contribution in [3.8, 4) is 0 Å². The standard InChI is InChI=1S/C9H15N3O4S/c1-3-4-7(9(13)14)12-17(15,16)8-5-10-6(2)11-8/h5,7,12H,3-4H2,1-2H3,(H,10,11)(H,13,14). The largest absolute Gasteiger partial charge is 0.480 e. The van der Waals surface area contributed by atoms with Gasteiger partial charge in [-0.1, -0.05) is 13.3 Å². The highest BCUT2D eigenvalue weighted by Gasteiger charge is 2.25. The Labute approximate surface area is 99.3 Å². The summed E-state index contributed by atoms with van der Waals surface area (Å²) in [5.41, 5.74) is 0. The third-order valence-corrected chi connectivity index (χ3v) is 3.52. The van der Waals surface area contributed by atoms with Crippen LogP contribution >= 0.6 is 0 Å². The van der Waals surface area contributed by atoms with Crippen LogP contribution in [0.2, 0.25) is 0 Å². The molecule has 1 unspecified atom stereocenters. The third kappa shape index (κ3) is 3.53. The second-order valence-corrected chi connectivity index (χ2v) is 5.32. The number of aliphatic carboxylic acids is 1. The molecule has 0 aliphatic carbocycles. The van der Waals surface area contributed by atoms with Crippen molar-refractivity contribution in [2.45, 2.75) is 37.8 Å². The van der Waals surface area contributed by atoms with Gasteiger partial charge in [0.25, 0.3) is 10.0 Å². The summed E-state index contributed by atoms with van der Waals surface area (Å²) in [5, 5.41) is 8.74. The smallest absolute Gasteiger partial charge is 0.321 e. The number of aromatic nitrogens is 2. The van der Waals surface area contributed by atoms with Gasteiger partial charge in [-0.25, -0.2) is 13.4 Å². The molecule has 1 rings (SSSR count). The highest BCUT2D eigenvalue weighted by molar-refractivity contribution is 7.89. The fourth-order valence-corrected chi connectivity index (χ4v) is 2.50. The second-order valence-electron chi connectivity index (χ2n) is 3.63. The Balaban J connectivity index is 2.88. The molecule has 0 saturated heterocycles. The minimum absolute atomic E-state index is 0.127. The number of sulfonamides is 1. The Morgan fingerprint density at radius 1 is 1.65 bits per heavy atom. The third-order valence-electron chi connectivity index (χ3n) is 2.14. The zero-order valence-electron chi connectivity index (χ0n) is 9.60. The predicted octanol–water partition coefficient (Wildman–Crippen LogP) is 0.250. The topological polar surface area (TPSA) is 112 Å². The van der Waals surface area contributed by atoms with E-state index in [1.54, 1.807) is 13.8 Å². The molecule has 3 N–H and O–H groups in total. The number of carboxylic acid groups (broad SMARTS) is 1. The molecule has 7 nitrogen and oxygen atoms in total. The van der Waals surface area contributed by atoms with Gasteiger partial charge in [0.15, 0.2) is 5.03 Å². The van der Waals surface area contributed by atoms with Crippen LogP contribution in [0.4, 0.5) is 0 Å². The predicted molar refractivity (Wildman–Crippen MR) is 60.0 cm³/mol. The summed E-state index contributed by atoms with van der Waals surface area (Å²) in [7, 11) is -3.85. The van der Waals surface area contributed by atoms with Crippen LogP contribution in [0.15, 0.2) is 11.2 Å². The molecule has 0 aromatic carbocycles. The Kier molecular flexibility index (Phi) is 4.24. The van der Waals surface area contributed by atoms with Gasteiger partial charge >= 0.3 is 5.97 Å². The van der Waals surface area contributed by atoms with E-state index in [0.717, 1.165) is 6.20 Å². The van der Waals surface area contributed by atoms with Gasteiger partial charge in [0.1, 0.15) is 11.9 Å². The summed E-state index contributed by atoms with van der Waals surface area (Å²) in [6, 6.07) is -1.12. The number of rotatable bonds is 6. The molecular formula is C9H15N3O4S. The molecule has 1 aromatic heterocycles. The van der Waals surface area contributed by atoms with E-state index in [9.17, 15) is 13.2 Å². The first-order chi connectivity index (χ1) is 7.86. The van der Waals surface area contributed by atoms with Crippen molar-refractivity contribution in [3.05, 3.63) is 12.0 Å². The van der Waals surface area contributed by atoms with Crippen LogP contribution < -0.4 is 4.72 Å². The quantitative estimate of drug-likeness (QED) is 0.679. The molecule has 0 radical (unpaired) electrons. The van der Waals surface area contributed by atoms with Gasteiger partial charge in [-0.2, -0.15) is 4.72 Å².